The Morgan fingerprint density at radius 2 is 1.76 bits per heavy atom. The van der Waals surface area contributed by atoms with Crippen LogP contribution < -0.4 is 10.6 Å². The van der Waals surface area contributed by atoms with Crippen LogP contribution >= 0.6 is 0 Å². The van der Waals surface area contributed by atoms with Crippen LogP contribution in [0.3, 0.4) is 0 Å². The first-order valence-corrected chi connectivity index (χ1v) is 13.3. The molecular formula is C24H31N5O7S. The molecular weight excluding hydrogens is 502 g/mol. The van der Waals surface area contributed by atoms with Gasteiger partial charge in [-0.05, 0) is 56.7 Å². The van der Waals surface area contributed by atoms with E-state index in [-0.39, 0.29) is 29.7 Å². The maximum atomic E-state index is 12.5. The number of carbonyl (C=O) groups is 2. The van der Waals surface area contributed by atoms with E-state index in [4.69, 9.17) is 21.9 Å². The molecule has 13 heteroatoms. The molecule has 1 aliphatic rings. The number of benzene rings is 1. The highest BCUT2D eigenvalue weighted by Crippen LogP contribution is 2.32. The number of rotatable bonds is 9. The molecule has 1 aromatic carbocycles. The number of aromatic amines is 1. The van der Waals surface area contributed by atoms with Gasteiger partial charge in [-0.15, -0.1) is 0 Å². The Kier molecular flexibility index (Phi) is 9.18. The Morgan fingerprint density at radius 1 is 1.11 bits per heavy atom. The van der Waals surface area contributed by atoms with Crippen molar-refractivity contribution in [1.82, 2.24) is 25.8 Å². The second kappa shape index (κ2) is 12.1. The summed E-state index contributed by atoms with van der Waals surface area (Å²) >= 11 is 0. The summed E-state index contributed by atoms with van der Waals surface area (Å²) in [7, 11) is -4.67. The van der Waals surface area contributed by atoms with Crippen LogP contribution in [-0.4, -0.2) is 56.6 Å². The summed E-state index contributed by atoms with van der Waals surface area (Å²) in [6.07, 6.45) is 5.49. The van der Waals surface area contributed by atoms with Crippen molar-refractivity contribution in [3.8, 4) is 22.7 Å². The largest absolute Gasteiger partial charge is 0.431 e. The number of nitrogens with one attached hydrogen (secondary N) is 3. The van der Waals surface area contributed by atoms with Crippen molar-refractivity contribution in [3.63, 3.8) is 0 Å². The zero-order valence-electron chi connectivity index (χ0n) is 20.8. The second-order valence-corrected chi connectivity index (χ2v) is 9.71. The predicted octanol–water partition coefficient (Wildman–Crippen LogP) is 3.53. The summed E-state index contributed by atoms with van der Waals surface area (Å²) in [5.74, 6) is 0.679. The van der Waals surface area contributed by atoms with E-state index in [1.54, 1.807) is 6.07 Å². The van der Waals surface area contributed by atoms with Crippen LogP contribution in [0.4, 0.5) is 0 Å². The zero-order valence-corrected chi connectivity index (χ0v) is 21.6. The van der Waals surface area contributed by atoms with Crippen molar-refractivity contribution in [1.29, 1.82) is 0 Å². The molecule has 0 bridgehead atoms. The van der Waals surface area contributed by atoms with E-state index >= 15 is 0 Å². The minimum Gasteiger partial charge on any atom is -0.431 e. The summed E-state index contributed by atoms with van der Waals surface area (Å²) in [4.78, 5) is 29.1. The number of aromatic nitrogens is 3. The number of hydrogen-bond acceptors (Lipinski definition) is 7. The lowest BCUT2D eigenvalue weighted by Crippen LogP contribution is -2.34. The van der Waals surface area contributed by atoms with Crippen LogP contribution in [-0.2, 0) is 10.4 Å². The maximum Gasteiger partial charge on any atom is 0.394 e. The summed E-state index contributed by atoms with van der Waals surface area (Å²) in [5, 5.41) is 13.1. The van der Waals surface area contributed by atoms with E-state index in [0.29, 0.717) is 23.2 Å². The first-order chi connectivity index (χ1) is 17.5. The monoisotopic (exact) mass is 533 g/mol. The summed E-state index contributed by atoms with van der Waals surface area (Å²) < 4.78 is 37.3. The third-order valence-corrected chi connectivity index (χ3v) is 5.97. The number of nitrogens with zero attached hydrogens (tertiary/aromatic N) is 2. The first-order valence-electron chi connectivity index (χ1n) is 11.9. The van der Waals surface area contributed by atoms with Gasteiger partial charge in [0.1, 0.15) is 0 Å². The van der Waals surface area contributed by atoms with Gasteiger partial charge in [0.2, 0.25) is 11.7 Å². The van der Waals surface area contributed by atoms with E-state index in [1.807, 2.05) is 45.0 Å². The Labute approximate surface area is 214 Å². The number of oxazole rings is 1. The molecule has 2 amide bonds. The van der Waals surface area contributed by atoms with Crippen LogP contribution in [0.25, 0.3) is 22.7 Å². The van der Waals surface area contributed by atoms with Crippen molar-refractivity contribution < 1.29 is 31.5 Å². The van der Waals surface area contributed by atoms with E-state index in [1.165, 1.54) is 19.0 Å². The van der Waals surface area contributed by atoms with Gasteiger partial charge in [0.25, 0.3) is 11.8 Å². The van der Waals surface area contributed by atoms with Crippen LogP contribution in [0.2, 0.25) is 0 Å². The molecule has 4 rings (SSSR count). The van der Waals surface area contributed by atoms with E-state index in [9.17, 15) is 9.59 Å². The summed E-state index contributed by atoms with van der Waals surface area (Å²) in [6, 6.07) is 9.53. The third-order valence-electron chi connectivity index (χ3n) is 5.97. The smallest absolute Gasteiger partial charge is 0.394 e. The third kappa shape index (κ3) is 8.51. The highest BCUT2D eigenvalue weighted by molar-refractivity contribution is 7.79. The Morgan fingerprint density at radius 3 is 2.38 bits per heavy atom. The lowest BCUT2D eigenvalue weighted by atomic mass is 10.1. The van der Waals surface area contributed by atoms with Gasteiger partial charge in [-0.25, -0.2) is 4.98 Å². The van der Waals surface area contributed by atoms with Crippen molar-refractivity contribution in [2.75, 3.05) is 0 Å². The lowest BCUT2D eigenvalue weighted by Gasteiger charge is -2.12. The molecule has 0 spiro atoms. The predicted molar refractivity (Wildman–Crippen MR) is 135 cm³/mol. The molecule has 0 aliphatic heterocycles. The quantitative estimate of drug-likeness (QED) is 0.256. The molecule has 1 unspecified atom stereocenters. The molecule has 200 valence electrons. The highest BCUT2D eigenvalue weighted by atomic mass is 32.3. The van der Waals surface area contributed by atoms with Gasteiger partial charge < -0.3 is 15.1 Å². The molecule has 0 saturated heterocycles. The molecule has 5 N–H and O–H groups in total. The van der Waals surface area contributed by atoms with Crippen molar-refractivity contribution >= 4 is 22.2 Å². The summed E-state index contributed by atoms with van der Waals surface area (Å²) in [6.45, 7) is 6.09. The topological polar surface area (TPSA) is 188 Å². The van der Waals surface area contributed by atoms with E-state index in [2.05, 4.69) is 25.8 Å². The minimum absolute atomic E-state index is 0.110. The molecule has 3 aromatic rings. The van der Waals surface area contributed by atoms with Gasteiger partial charge in [-0.2, -0.15) is 13.5 Å². The van der Waals surface area contributed by atoms with Crippen molar-refractivity contribution in [2.45, 2.75) is 58.5 Å². The van der Waals surface area contributed by atoms with Gasteiger partial charge in [0.15, 0.2) is 5.69 Å². The standard InChI is InChI=1S/C24H29N5O3.H2O4S/c1-4-18(5-2)27-23(31)21-13-25-24(32-21)17-8-6-7-16(11-17)19-12-20(29-28-19)22(30)26-14(3)15-9-10-15;1-5(2,3)4/h6-8,11-15,18H,4-5,9-10H2,1-3H3,(H,26,30)(H,27,31)(H,28,29);(H2,1,2,3,4). The Balaban J connectivity index is 0.000000695. The molecule has 2 aromatic heterocycles. The van der Waals surface area contributed by atoms with Crippen LogP contribution in [0.15, 0.2) is 40.9 Å². The van der Waals surface area contributed by atoms with Gasteiger partial charge >= 0.3 is 10.4 Å². The SMILES string of the molecule is CCC(CC)NC(=O)c1cnc(-c2cccc(-c3cc(C(=O)NC(C)C4CC4)n[nH]3)c2)o1.O=S(=O)(O)O. The van der Waals surface area contributed by atoms with E-state index < -0.39 is 10.4 Å². The fraction of sp³-hybridized carbons (Fsp3) is 0.417. The molecule has 0 radical (unpaired) electrons. The fourth-order valence-corrected chi connectivity index (χ4v) is 3.66. The molecule has 1 fully saturated rings. The molecule has 37 heavy (non-hydrogen) atoms. The first kappa shape index (κ1) is 28.0. The van der Waals surface area contributed by atoms with E-state index in [0.717, 1.165) is 24.0 Å². The normalized spacial score (nSPS) is 14.0. The summed E-state index contributed by atoms with van der Waals surface area (Å²) in [5.41, 5.74) is 2.64. The average molecular weight is 534 g/mol. The molecule has 2 heterocycles. The van der Waals surface area contributed by atoms with Crippen LogP contribution in [0, 0.1) is 5.92 Å². The Bertz CT molecular complexity index is 1250. The average Bonchev–Trinajstić information content (AvgIpc) is 3.37. The molecule has 1 saturated carbocycles. The maximum absolute atomic E-state index is 12.5. The van der Waals surface area contributed by atoms with Gasteiger partial charge in [-0.3, -0.25) is 23.8 Å². The van der Waals surface area contributed by atoms with Crippen molar-refractivity contribution in [2.24, 2.45) is 5.92 Å². The van der Waals surface area contributed by atoms with Gasteiger partial charge in [0.05, 0.1) is 11.9 Å². The van der Waals surface area contributed by atoms with Crippen LogP contribution in [0.1, 0.15) is 67.5 Å². The zero-order chi connectivity index (χ0) is 27.2. The Hall–Kier alpha value is -3.55. The molecule has 1 atom stereocenters. The van der Waals surface area contributed by atoms with Crippen LogP contribution in [0.5, 0.6) is 0 Å². The van der Waals surface area contributed by atoms with Gasteiger partial charge in [-0.1, -0.05) is 26.0 Å². The lowest BCUT2D eigenvalue weighted by molar-refractivity contribution is 0.0905. The fourth-order valence-electron chi connectivity index (χ4n) is 3.66. The number of amides is 2. The number of H-pyrrole nitrogens is 1. The number of hydrogen-bond donors (Lipinski definition) is 5. The van der Waals surface area contributed by atoms with Gasteiger partial charge in [0, 0.05) is 23.2 Å². The van der Waals surface area contributed by atoms with Crippen molar-refractivity contribution in [3.05, 3.63) is 48.0 Å². The second-order valence-electron chi connectivity index (χ2n) is 8.81. The molecule has 1 aliphatic carbocycles. The minimum atomic E-state index is -4.67. The highest BCUT2D eigenvalue weighted by Gasteiger charge is 2.29. The molecule has 12 nitrogen and oxygen atoms in total. The number of carbonyl (C=O) groups excluding carboxylic acids is 2.